The Labute approximate surface area is 101 Å². The normalized spacial score (nSPS) is 29.1. The molecule has 2 aliphatic rings. The van der Waals surface area contributed by atoms with Crippen LogP contribution >= 0.6 is 15.9 Å². The molecule has 1 aliphatic carbocycles. The van der Waals surface area contributed by atoms with E-state index in [1.165, 1.54) is 25.7 Å². The van der Waals surface area contributed by atoms with Crippen LogP contribution in [0.2, 0.25) is 0 Å². The van der Waals surface area contributed by atoms with Crippen molar-refractivity contribution < 1.29 is 4.79 Å². The van der Waals surface area contributed by atoms with Gasteiger partial charge in [0, 0.05) is 23.8 Å². The van der Waals surface area contributed by atoms with E-state index in [4.69, 9.17) is 0 Å². The molecule has 15 heavy (non-hydrogen) atoms. The van der Waals surface area contributed by atoms with Crippen molar-refractivity contribution in [2.75, 3.05) is 13.1 Å². The maximum Gasteiger partial charge on any atom is 0.225 e. The maximum atomic E-state index is 12.2. The van der Waals surface area contributed by atoms with Crippen LogP contribution in [0.5, 0.6) is 0 Å². The molecule has 0 N–H and O–H groups in total. The highest BCUT2D eigenvalue weighted by molar-refractivity contribution is 9.09. The lowest BCUT2D eigenvalue weighted by molar-refractivity contribution is -0.137. The summed E-state index contributed by atoms with van der Waals surface area (Å²) in [6.45, 7) is 1.91. The second-order valence-corrected chi connectivity index (χ2v) is 6.15. The Balaban J connectivity index is 1.88. The number of amides is 1. The van der Waals surface area contributed by atoms with Crippen LogP contribution in [-0.2, 0) is 4.79 Å². The summed E-state index contributed by atoms with van der Waals surface area (Å²) in [5.41, 5.74) is 0. The second-order valence-electron chi connectivity index (χ2n) is 4.86. The molecule has 1 amide bonds. The fraction of sp³-hybridized carbons (Fsp3) is 0.917. The summed E-state index contributed by atoms with van der Waals surface area (Å²) >= 11 is 3.63. The van der Waals surface area contributed by atoms with E-state index < -0.39 is 0 Å². The van der Waals surface area contributed by atoms with Gasteiger partial charge in [-0.25, -0.2) is 0 Å². The fourth-order valence-electron chi connectivity index (χ4n) is 2.73. The maximum absolute atomic E-state index is 12.2. The van der Waals surface area contributed by atoms with E-state index >= 15 is 0 Å². The molecule has 2 fully saturated rings. The van der Waals surface area contributed by atoms with Crippen molar-refractivity contribution in [1.29, 1.82) is 0 Å². The van der Waals surface area contributed by atoms with Gasteiger partial charge in [-0.1, -0.05) is 35.2 Å². The molecular formula is C12H20BrNO. The number of rotatable bonds is 1. The Morgan fingerprint density at radius 1 is 1.07 bits per heavy atom. The highest BCUT2D eigenvalue weighted by Crippen LogP contribution is 2.27. The highest BCUT2D eigenvalue weighted by atomic mass is 79.9. The minimum absolute atomic E-state index is 0.344. The summed E-state index contributed by atoms with van der Waals surface area (Å²) in [7, 11) is 0. The summed E-state index contributed by atoms with van der Waals surface area (Å²) in [6.07, 6.45) is 8.46. The SMILES string of the molecule is O=C(C1CCCCC1)N1CCCC(Br)C1. The third-order valence-corrected chi connectivity index (χ3v) is 4.38. The molecule has 0 aromatic carbocycles. The van der Waals surface area contributed by atoms with Crippen LogP contribution in [0.15, 0.2) is 0 Å². The Kier molecular flexibility index (Phi) is 4.06. The number of carbonyl (C=O) groups is 1. The molecule has 0 spiro atoms. The van der Waals surface area contributed by atoms with Crippen molar-refractivity contribution >= 4 is 21.8 Å². The van der Waals surface area contributed by atoms with Gasteiger partial charge in [-0.15, -0.1) is 0 Å². The van der Waals surface area contributed by atoms with Gasteiger partial charge in [-0.3, -0.25) is 4.79 Å². The second kappa shape index (κ2) is 5.33. The molecular weight excluding hydrogens is 254 g/mol. The van der Waals surface area contributed by atoms with Crippen LogP contribution in [0.1, 0.15) is 44.9 Å². The van der Waals surface area contributed by atoms with E-state index in [1.807, 2.05) is 0 Å². The Morgan fingerprint density at radius 3 is 2.47 bits per heavy atom. The number of nitrogens with zero attached hydrogens (tertiary/aromatic N) is 1. The predicted octanol–water partition coefficient (Wildman–Crippen LogP) is 2.95. The lowest BCUT2D eigenvalue weighted by Crippen LogP contribution is -2.43. The molecule has 0 aromatic rings. The van der Waals surface area contributed by atoms with Gasteiger partial charge >= 0.3 is 0 Å². The van der Waals surface area contributed by atoms with E-state index in [9.17, 15) is 4.79 Å². The van der Waals surface area contributed by atoms with Gasteiger partial charge in [-0.05, 0) is 25.7 Å². The van der Waals surface area contributed by atoms with Gasteiger partial charge in [-0.2, -0.15) is 0 Å². The molecule has 1 atom stereocenters. The van der Waals surface area contributed by atoms with Crippen LogP contribution in [0, 0.1) is 5.92 Å². The van der Waals surface area contributed by atoms with Crippen LogP contribution < -0.4 is 0 Å². The summed E-state index contributed by atoms with van der Waals surface area (Å²) in [5, 5.41) is 0. The fourth-order valence-corrected chi connectivity index (χ4v) is 3.41. The van der Waals surface area contributed by atoms with Crippen LogP contribution in [-0.4, -0.2) is 28.7 Å². The molecule has 2 nitrogen and oxygen atoms in total. The van der Waals surface area contributed by atoms with Gasteiger partial charge in [0.2, 0.25) is 5.91 Å². The number of hydrogen-bond donors (Lipinski definition) is 0. The van der Waals surface area contributed by atoms with Gasteiger partial charge < -0.3 is 4.90 Å². The standard InChI is InChI=1S/C12H20BrNO/c13-11-7-4-8-14(9-11)12(15)10-5-2-1-3-6-10/h10-11H,1-9H2. The van der Waals surface area contributed by atoms with Crippen LogP contribution in [0.25, 0.3) is 0 Å². The number of hydrogen-bond acceptors (Lipinski definition) is 1. The molecule has 0 aromatic heterocycles. The summed E-state index contributed by atoms with van der Waals surface area (Å²) in [5.74, 6) is 0.774. The minimum Gasteiger partial charge on any atom is -0.341 e. The topological polar surface area (TPSA) is 20.3 Å². The van der Waals surface area contributed by atoms with Crippen molar-refractivity contribution in [2.45, 2.75) is 49.8 Å². The first-order chi connectivity index (χ1) is 7.27. The third-order valence-electron chi connectivity index (χ3n) is 3.63. The first kappa shape index (κ1) is 11.4. The van der Waals surface area contributed by atoms with Crippen molar-refractivity contribution in [3.8, 4) is 0 Å². The number of likely N-dealkylation sites (tertiary alicyclic amines) is 1. The zero-order chi connectivity index (χ0) is 10.7. The van der Waals surface area contributed by atoms with Crippen LogP contribution in [0.4, 0.5) is 0 Å². The molecule has 86 valence electrons. The minimum atomic E-state index is 0.344. The quantitative estimate of drug-likeness (QED) is 0.673. The average molecular weight is 274 g/mol. The largest absolute Gasteiger partial charge is 0.341 e. The zero-order valence-corrected chi connectivity index (χ0v) is 10.8. The number of piperidine rings is 1. The van der Waals surface area contributed by atoms with Gasteiger partial charge in [0.15, 0.2) is 0 Å². The Hall–Kier alpha value is -0.0500. The van der Waals surface area contributed by atoms with Crippen molar-refractivity contribution in [3.63, 3.8) is 0 Å². The Morgan fingerprint density at radius 2 is 1.80 bits per heavy atom. The molecule has 1 saturated carbocycles. The van der Waals surface area contributed by atoms with E-state index in [0.717, 1.165) is 32.4 Å². The molecule has 1 aliphatic heterocycles. The predicted molar refractivity (Wildman–Crippen MR) is 65.1 cm³/mol. The van der Waals surface area contributed by atoms with E-state index in [0.29, 0.717) is 16.7 Å². The molecule has 3 heteroatoms. The first-order valence-corrected chi connectivity index (χ1v) is 7.12. The monoisotopic (exact) mass is 273 g/mol. The average Bonchev–Trinajstić information content (AvgIpc) is 2.29. The lowest BCUT2D eigenvalue weighted by atomic mass is 9.88. The third kappa shape index (κ3) is 2.96. The van der Waals surface area contributed by atoms with Crippen LogP contribution in [0.3, 0.4) is 0 Å². The molecule has 2 rings (SSSR count). The number of alkyl halides is 1. The first-order valence-electron chi connectivity index (χ1n) is 6.20. The smallest absolute Gasteiger partial charge is 0.225 e. The van der Waals surface area contributed by atoms with E-state index in [-0.39, 0.29) is 0 Å². The summed E-state index contributed by atoms with van der Waals surface area (Å²) < 4.78 is 0. The van der Waals surface area contributed by atoms with Gasteiger partial charge in [0.25, 0.3) is 0 Å². The number of carbonyl (C=O) groups excluding carboxylic acids is 1. The number of halogens is 1. The highest BCUT2D eigenvalue weighted by Gasteiger charge is 2.28. The lowest BCUT2D eigenvalue weighted by Gasteiger charge is -2.34. The van der Waals surface area contributed by atoms with E-state index in [1.54, 1.807) is 0 Å². The molecule has 0 radical (unpaired) electrons. The van der Waals surface area contributed by atoms with Crippen molar-refractivity contribution in [3.05, 3.63) is 0 Å². The van der Waals surface area contributed by atoms with Crippen molar-refractivity contribution in [1.82, 2.24) is 4.90 Å². The molecule has 1 unspecified atom stereocenters. The zero-order valence-electron chi connectivity index (χ0n) is 9.25. The van der Waals surface area contributed by atoms with Gasteiger partial charge in [0.1, 0.15) is 0 Å². The Bertz CT molecular complexity index is 226. The van der Waals surface area contributed by atoms with Gasteiger partial charge in [0.05, 0.1) is 0 Å². The molecule has 1 saturated heterocycles. The summed E-state index contributed by atoms with van der Waals surface area (Å²) in [6, 6.07) is 0. The van der Waals surface area contributed by atoms with Crippen molar-refractivity contribution in [2.24, 2.45) is 5.92 Å². The molecule has 1 heterocycles. The van der Waals surface area contributed by atoms with E-state index in [2.05, 4.69) is 20.8 Å². The summed E-state index contributed by atoms with van der Waals surface area (Å²) in [4.78, 5) is 14.8. The molecule has 0 bridgehead atoms.